The van der Waals surface area contributed by atoms with Crippen molar-refractivity contribution in [1.82, 2.24) is 25.0 Å². The van der Waals surface area contributed by atoms with Crippen LogP contribution in [0.2, 0.25) is 0 Å². The van der Waals surface area contributed by atoms with Gasteiger partial charge in [-0.25, -0.2) is 18.1 Å². The summed E-state index contributed by atoms with van der Waals surface area (Å²) in [6, 6.07) is 1.19. The molecule has 1 unspecified atom stereocenters. The van der Waals surface area contributed by atoms with Gasteiger partial charge in [0.1, 0.15) is 5.82 Å². The number of nitrogens with one attached hydrogen (secondary N) is 4. The smallest absolute Gasteiger partial charge is 0.242 e. The summed E-state index contributed by atoms with van der Waals surface area (Å²) < 4.78 is 26.9. The van der Waals surface area contributed by atoms with Crippen LogP contribution in [0.1, 0.15) is 24.5 Å². The fraction of sp³-hybridized carbons (Fsp3) is 0.364. The van der Waals surface area contributed by atoms with Gasteiger partial charge >= 0.3 is 0 Å². The Hall–Kier alpha value is -1.64. The molecule has 0 aliphatic rings. The number of hydrogen-bond donors (Lipinski definition) is 4. The highest BCUT2D eigenvalue weighted by atomic mass is 32.2. The summed E-state index contributed by atoms with van der Waals surface area (Å²) in [6.07, 6.45) is 4.72. The van der Waals surface area contributed by atoms with Crippen LogP contribution in [0.3, 0.4) is 0 Å². The minimum atomic E-state index is -3.55. The maximum absolute atomic E-state index is 12.2. The maximum Gasteiger partial charge on any atom is 0.242 e. The lowest BCUT2D eigenvalue weighted by Gasteiger charge is -2.10. The lowest BCUT2D eigenvalue weighted by molar-refractivity contribution is 0.561. The van der Waals surface area contributed by atoms with Crippen molar-refractivity contribution in [3.63, 3.8) is 0 Å². The van der Waals surface area contributed by atoms with E-state index in [1.54, 1.807) is 32.4 Å². The van der Waals surface area contributed by atoms with Crippen LogP contribution in [0, 0.1) is 0 Å². The summed E-state index contributed by atoms with van der Waals surface area (Å²) >= 11 is 0. The van der Waals surface area contributed by atoms with Crippen molar-refractivity contribution in [1.29, 1.82) is 0 Å². The molecule has 0 saturated heterocycles. The molecule has 2 aromatic rings. The standard InChI is InChI=1S/C11H17N5O2S/c1-8(11-13-3-4-14-11)16-19(17,18)10-5-9(6-12-2)15-7-10/h3-5,7-8,12,15-16H,6H2,1-2H3,(H,13,14). The summed E-state index contributed by atoms with van der Waals surface area (Å²) in [7, 11) is -1.75. The number of rotatable bonds is 6. The number of aromatic amines is 2. The molecule has 1 atom stereocenters. The van der Waals surface area contributed by atoms with Crippen molar-refractivity contribution in [2.24, 2.45) is 0 Å². The van der Waals surface area contributed by atoms with Gasteiger partial charge in [-0.15, -0.1) is 0 Å². The van der Waals surface area contributed by atoms with E-state index in [2.05, 4.69) is 25.0 Å². The Kier molecular flexibility index (Phi) is 4.03. The molecule has 19 heavy (non-hydrogen) atoms. The average Bonchev–Trinajstić information content (AvgIpc) is 2.99. The number of aromatic nitrogens is 3. The second kappa shape index (κ2) is 5.55. The fourth-order valence-electron chi connectivity index (χ4n) is 1.74. The molecular weight excluding hydrogens is 266 g/mol. The monoisotopic (exact) mass is 283 g/mol. The number of H-pyrrole nitrogens is 2. The van der Waals surface area contributed by atoms with E-state index in [4.69, 9.17) is 0 Å². The van der Waals surface area contributed by atoms with E-state index >= 15 is 0 Å². The Balaban J connectivity index is 2.13. The highest BCUT2D eigenvalue weighted by Gasteiger charge is 2.20. The average molecular weight is 283 g/mol. The molecule has 0 amide bonds. The molecule has 0 aliphatic carbocycles. The minimum Gasteiger partial charge on any atom is -0.363 e. The Morgan fingerprint density at radius 3 is 2.84 bits per heavy atom. The number of sulfonamides is 1. The van der Waals surface area contributed by atoms with Crippen LogP contribution in [-0.4, -0.2) is 30.4 Å². The summed E-state index contributed by atoms with van der Waals surface area (Å²) in [4.78, 5) is 10.0. The van der Waals surface area contributed by atoms with Crippen LogP contribution in [0.25, 0.3) is 0 Å². The molecule has 0 aliphatic heterocycles. The van der Waals surface area contributed by atoms with Gasteiger partial charge in [-0.3, -0.25) is 0 Å². The Labute approximate surface area is 111 Å². The first-order valence-corrected chi connectivity index (χ1v) is 7.35. The van der Waals surface area contributed by atoms with Gasteiger partial charge in [0, 0.05) is 30.8 Å². The predicted octanol–water partition coefficient (Wildman–Crippen LogP) is 0.497. The number of imidazole rings is 1. The predicted molar refractivity (Wildman–Crippen MR) is 70.9 cm³/mol. The van der Waals surface area contributed by atoms with E-state index < -0.39 is 16.1 Å². The molecule has 2 heterocycles. The third-order valence-electron chi connectivity index (χ3n) is 2.66. The van der Waals surface area contributed by atoms with E-state index in [1.165, 1.54) is 6.20 Å². The van der Waals surface area contributed by atoms with E-state index in [0.29, 0.717) is 12.4 Å². The highest BCUT2D eigenvalue weighted by Crippen LogP contribution is 2.15. The first-order chi connectivity index (χ1) is 9.03. The second-order valence-electron chi connectivity index (χ2n) is 4.21. The van der Waals surface area contributed by atoms with Crippen molar-refractivity contribution in [3.05, 3.63) is 36.2 Å². The Morgan fingerprint density at radius 1 is 1.42 bits per heavy atom. The van der Waals surface area contributed by atoms with Gasteiger partial charge in [-0.1, -0.05) is 0 Å². The third kappa shape index (κ3) is 3.22. The zero-order chi connectivity index (χ0) is 13.9. The maximum atomic E-state index is 12.2. The zero-order valence-corrected chi connectivity index (χ0v) is 11.6. The molecule has 0 bridgehead atoms. The molecule has 4 N–H and O–H groups in total. The summed E-state index contributed by atoms with van der Waals surface area (Å²) in [5, 5.41) is 2.95. The van der Waals surface area contributed by atoms with Crippen molar-refractivity contribution in [3.8, 4) is 0 Å². The molecule has 0 aromatic carbocycles. The zero-order valence-electron chi connectivity index (χ0n) is 10.8. The lowest BCUT2D eigenvalue weighted by atomic mass is 10.3. The van der Waals surface area contributed by atoms with Gasteiger partial charge in [0.15, 0.2) is 0 Å². The van der Waals surface area contributed by atoms with E-state index in [-0.39, 0.29) is 4.90 Å². The molecule has 0 fully saturated rings. The lowest BCUT2D eigenvalue weighted by Crippen LogP contribution is -2.27. The second-order valence-corrected chi connectivity index (χ2v) is 5.92. The van der Waals surface area contributed by atoms with Gasteiger partial charge in [-0.2, -0.15) is 0 Å². The molecule has 2 aromatic heterocycles. The summed E-state index contributed by atoms with van der Waals surface area (Å²) in [5.41, 5.74) is 0.813. The van der Waals surface area contributed by atoms with Crippen molar-refractivity contribution >= 4 is 10.0 Å². The Bertz CT molecular complexity index is 617. The van der Waals surface area contributed by atoms with Crippen LogP contribution >= 0.6 is 0 Å². The van der Waals surface area contributed by atoms with Gasteiger partial charge in [0.2, 0.25) is 10.0 Å². The molecule has 2 rings (SSSR count). The summed E-state index contributed by atoms with van der Waals surface area (Å²) in [5.74, 6) is 0.578. The molecule has 104 valence electrons. The quantitative estimate of drug-likeness (QED) is 0.619. The molecular formula is C11H17N5O2S. The first-order valence-electron chi connectivity index (χ1n) is 5.86. The minimum absolute atomic E-state index is 0.219. The molecule has 0 spiro atoms. The van der Waals surface area contributed by atoms with E-state index in [1.807, 2.05) is 0 Å². The third-order valence-corrected chi connectivity index (χ3v) is 4.18. The number of hydrogen-bond acceptors (Lipinski definition) is 4. The summed E-state index contributed by atoms with van der Waals surface area (Å²) in [6.45, 7) is 2.32. The van der Waals surface area contributed by atoms with Crippen LogP contribution in [0.15, 0.2) is 29.6 Å². The van der Waals surface area contributed by atoms with Crippen molar-refractivity contribution < 1.29 is 8.42 Å². The Morgan fingerprint density at radius 2 is 2.21 bits per heavy atom. The van der Waals surface area contributed by atoms with E-state index in [0.717, 1.165) is 5.69 Å². The van der Waals surface area contributed by atoms with Gasteiger partial charge in [0.05, 0.1) is 10.9 Å². The number of nitrogens with zero attached hydrogens (tertiary/aromatic N) is 1. The van der Waals surface area contributed by atoms with Crippen LogP contribution in [0.4, 0.5) is 0 Å². The topological polar surface area (TPSA) is 103 Å². The molecule has 8 heteroatoms. The van der Waals surface area contributed by atoms with E-state index in [9.17, 15) is 8.42 Å². The van der Waals surface area contributed by atoms with Crippen LogP contribution < -0.4 is 10.0 Å². The normalized spacial score (nSPS) is 13.6. The first kappa shape index (κ1) is 13.8. The van der Waals surface area contributed by atoms with Gasteiger partial charge in [0.25, 0.3) is 0 Å². The molecule has 0 radical (unpaired) electrons. The van der Waals surface area contributed by atoms with Crippen LogP contribution in [-0.2, 0) is 16.6 Å². The largest absolute Gasteiger partial charge is 0.363 e. The SMILES string of the molecule is CNCc1cc(S(=O)(=O)NC(C)c2ncc[nH]2)c[nH]1. The van der Waals surface area contributed by atoms with Gasteiger partial charge < -0.3 is 15.3 Å². The highest BCUT2D eigenvalue weighted by molar-refractivity contribution is 7.89. The van der Waals surface area contributed by atoms with Crippen molar-refractivity contribution in [2.75, 3.05) is 7.05 Å². The van der Waals surface area contributed by atoms with Crippen LogP contribution in [0.5, 0.6) is 0 Å². The fourth-order valence-corrected chi connectivity index (χ4v) is 2.96. The molecule has 7 nitrogen and oxygen atoms in total. The van der Waals surface area contributed by atoms with Crippen molar-refractivity contribution in [2.45, 2.75) is 24.4 Å². The molecule has 0 saturated carbocycles. The van der Waals surface area contributed by atoms with Gasteiger partial charge in [-0.05, 0) is 20.0 Å².